The summed E-state index contributed by atoms with van der Waals surface area (Å²) >= 11 is 6.25. The van der Waals surface area contributed by atoms with Crippen LogP contribution in [-0.2, 0) is 13.6 Å². The Hall–Kier alpha value is -1.33. The first kappa shape index (κ1) is 13.1. The lowest BCUT2D eigenvalue weighted by molar-refractivity contribution is 0.530. The fourth-order valence-corrected chi connectivity index (χ4v) is 2.31. The fourth-order valence-electron chi connectivity index (χ4n) is 2.06. The van der Waals surface area contributed by atoms with Crippen LogP contribution in [0.3, 0.4) is 0 Å². The summed E-state index contributed by atoms with van der Waals surface area (Å²) in [4.78, 5) is 4.39. The lowest BCUT2D eigenvalue weighted by Crippen LogP contribution is -2.22. The van der Waals surface area contributed by atoms with Gasteiger partial charge in [-0.2, -0.15) is 5.10 Å². The molecule has 1 unspecified atom stereocenters. The van der Waals surface area contributed by atoms with Crippen LogP contribution >= 0.6 is 11.6 Å². The average Bonchev–Trinajstić information content (AvgIpc) is 2.91. The molecule has 2 rings (SSSR count). The van der Waals surface area contributed by atoms with E-state index in [0.29, 0.717) is 5.02 Å². The highest BCUT2D eigenvalue weighted by Gasteiger charge is 2.22. The van der Waals surface area contributed by atoms with Crippen molar-refractivity contribution in [2.75, 3.05) is 7.05 Å². The second-order valence-corrected chi connectivity index (χ2v) is 4.69. The molecule has 0 radical (unpaired) electrons. The summed E-state index contributed by atoms with van der Waals surface area (Å²) in [5, 5.41) is 8.24. The van der Waals surface area contributed by atoms with Crippen molar-refractivity contribution in [3.05, 3.63) is 35.1 Å². The van der Waals surface area contributed by atoms with Crippen LogP contribution in [0.15, 0.2) is 18.7 Å². The van der Waals surface area contributed by atoms with Gasteiger partial charge >= 0.3 is 0 Å². The predicted molar refractivity (Wildman–Crippen MR) is 71.6 cm³/mol. The van der Waals surface area contributed by atoms with Crippen molar-refractivity contribution in [2.24, 2.45) is 7.05 Å². The normalized spacial score (nSPS) is 12.9. The van der Waals surface area contributed by atoms with Crippen molar-refractivity contribution in [1.29, 1.82) is 0 Å². The van der Waals surface area contributed by atoms with Crippen molar-refractivity contribution in [3.8, 4) is 0 Å². The van der Waals surface area contributed by atoms with E-state index < -0.39 is 0 Å². The van der Waals surface area contributed by atoms with Gasteiger partial charge in [0.15, 0.2) is 0 Å². The topological polar surface area (TPSA) is 47.7 Å². The van der Waals surface area contributed by atoms with E-state index in [9.17, 15) is 0 Å². The minimum absolute atomic E-state index is 0.0345. The molecule has 0 amide bonds. The Bertz CT molecular complexity index is 516. The molecule has 0 saturated carbocycles. The zero-order chi connectivity index (χ0) is 13.1. The van der Waals surface area contributed by atoms with Gasteiger partial charge in [-0.3, -0.25) is 4.68 Å². The molecule has 2 aromatic heterocycles. The standard InChI is InChI=1S/C12H18ClN5/c1-4-5-18-12(9(13)6-16-18)11(14-2)10-7-17(3)8-15-10/h6-8,11,14H,4-5H2,1-3H3. The summed E-state index contributed by atoms with van der Waals surface area (Å²) in [6, 6.07) is -0.0345. The quantitative estimate of drug-likeness (QED) is 0.901. The predicted octanol–water partition coefficient (Wildman–Crippen LogP) is 1.99. The summed E-state index contributed by atoms with van der Waals surface area (Å²) in [7, 11) is 3.85. The van der Waals surface area contributed by atoms with Crippen LogP contribution in [0.25, 0.3) is 0 Å². The summed E-state index contributed by atoms with van der Waals surface area (Å²) in [5.74, 6) is 0. The Morgan fingerprint density at radius 2 is 2.28 bits per heavy atom. The maximum Gasteiger partial charge on any atom is 0.0950 e. The molecule has 5 nitrogen and oxygen atoms in total. The highest BCUT2D eigenvalue weighted by atomic mass is 35.5. The van der Waals surface area contributed by atoms with E-state index in [1.807, 2.05) is 29.5 Å². The molecule has 0 saturated heterocycles. The van der Waals surface area contributed by atoms with Gasteiger partial charge in [0.1, 0.15) is 0 Å². The number of rotatable bonds is 5. The fraction of sp³-hybridized carbons (Fsp3) is 0.500. The second kappa shape index (κ2) is 5.54. The molecule has 0 spiro atoms. The van der Waals surface area contributed by atoms with Crippen LogP contribution in [-0.4, -0.2) is 26.4 Å². The molecule has 18 heavy (non-hydrogen) atoms. The van der Waals surface area contributed by atoms with Gasteiger partial charge in [-0.1, -0.05) is 18.5 Å². The maximum absolute atomic E-state index is 6.25. The number of halogens is 1. The van der Waals surface area contributed by atoms with Gasteiger partial charge in [0.05, 0.1) is 35.0 Å². The van der Waals surface area contributed by atoms with E-state index in [4.69, 9.17) is 11.6 Å². The van der Waals surface area contributed by atoms with Crippen LogP contribution in [0, 0.1) is 0 Å². The van der Waals surface area contributed by atoms with Crippen molar-refractivity contribution < 1.29 is 0 Å². The molecule has 6 heteroatoms. The van der Waals surface area contributed by atoms with Gasteiger partial charge in [-0.25, -0.2) is 4.98 Å². The molecule has 0 bridgehead atoms. The molecule has 0 aliphatic carbocycles. The van der Waals surface area contributed by atoms with Gasteiger partial charge in [-0.05, 0) is 13.5 Å². The largest absolute Gasteiger partial charge is 0.340 e. The minimum atomic E-state index is -0.0345. The number of nitrogens with one attached hydrogen (secondary N) is 1. The summed E-state index contributed by atoms with van der Waals surface area (Å²) in [5.41, 5.74) is 1.92. The molecule has 0 aliphatic heterocycles. The second-order valence-electron chi connectivity index (χ2n) is 4.29. The molecule has 2 heterocycles. The smallest absolute Gasteiger partial charge is 0.0950 e. The first-order chi connectivity index (χ1) is 8.67. The van der Waals surface area contributed by atoms with E-state index in [2.05, 4.69) is 22.3 Å². The van der Waals surface area contributed by atoms with Crippen LogP contribution in [0.1, 0.15) is 30.8 Å². The van der Waals surface area contributed by atoms with E-state index in [0.717, 1.165) is 24.4 Å². The zero-order valence-corrected chi connectivity index (χ0v) is 11.6. The molecule has 0 fully saturated rings. The zero-order valence-electron chi connectivity index (χ0n) is 10.9. The van der Waals surface area contributed by atoms with Gasteiger partial charge < -0.3 is 9.88 Å². The highest BCUT2D eigenvalue weighted by Crippen LogP contribution is 2.27. The lowest BCUT2D eigenvalue weighted by atomic mass is 10.1. The number of imidazole rings is 1. The number of nitrogens with zero attached hydrogens (tertiary/aromatic N) is 4. The van der Waals surface area contributed by atoms with Crippen LogP contribution in [0.4, 0.5) is 0 Å². The Balaban J connectivity index is 2.41. The van der Waals surface area contributed by atoms with Crippen molar-refractivity contribution in [1.82, 2.24) is 24.6 Å². The Labute approximate surface area is 112 Å². The molecular formula is C12H18ClN5. The maximum atomic E-state index is 6.25. The Morgan fingerprint density at radius 3 is 2.83 bits per heavy atom. The average molecular weight is 268 g/mol. The Morgan fingerprint density at radius 1 is 1.50 bits per heavy atom. The summed E-state index contributed by atoms with van der Waals surface area (Å²) in [6.07, 6.45) is 6.48. The SMILES string of the molecule is CCCn1ncc(Cl)c1C(NC)c1cn(C)cn1. The highest BCUT2D eigenvalue weighted by molar-refractivity contribution is 6.31. The summed E-state index contributed by atoms with van der Waals surface area (Å²) < 4.78 is 3.87. The van der Waals surface area contributed by atoms with Crippen LogP contribution in [0.2, 0.25) is 5.02 Å². The molecule has 1 N–H and O–H groups in total. The number of aryl methyl sites for hydroxylation is 2. The Kier molecular flexibility index (Phi) is 4.04. The third-order valence-electron chi connectivity index (χ3n) is 2.85. The van der Waals surface area contributed by atoms with E-state index in [-0.39, 0.29) is 6.04 Å². The number of hydrogen-bond acceptors (Lipinski definition) is 3. The van der Waals surface area contributed by atoms with Gasteiger partial charge in [0.25, 0.3) is 0 Å². The first-order valence-corrected chi connectivity index (χ1v) is 6.41. The first-order valence-electron chi connectivity index (χ1n) is 6.03. The van der Waals surface area contributed by atoms with Crippen molar-refractivity contribution in [2.45, 2.75) is 25.9 Å². The lowest BCUT2D eigenvalue weighted by Gasteiger charge is -2.16. The molecule has 0 aromatic carbocycles. The molecule has 1 atom stereocenters. The van der Waals surface area contributed by atoms with E-state index >= 15 is 0 Å². The third kappa shape index (κ3) is 2.42. The number of aromatic nitrogens is 4. The monoisotopic (exact) mass is 267 g/mol. The number of hydrogen-bond donors (Lipinski definition) is 1. The van der Waals surface area contributed by atoms with E-state index in [1.54, 1.807) is 12.5 Å². The van der Waals surface area contributed by atoms with Crippen LogP contribution in [0.5, 0.6) is 0 Å². The van der Waals surface area contributed by atoms with Crippen molar-refractivity contribution in [3.63, 3.8) is 0 Å². The van der Waals surface area contributed by atoms with Crippen LogP contribution < -0.4 is 5.32 Å². The van der Waals surface area contributed by atoms with Gasteiger partial charge in [0.2, 0.25) is 0 Å². The molecular weight excluding hydrogens is 250 g/mol. The van der Waals surface area contributed by atoms with Gasteiger partial charge in [0, 0.05) is 19.8 Å². The van der Waals surface area contributed by atoms with E-state index in [1.165, 1.54) is 0 Å². The molecule has 2 aromatic rings. The third-order valence-corrected chi connectivity index (χ3v) is 3.14. The molecule has 0 aliphatic rings. The van der Waals surface area contributed by atoms with Crippen molar-refractivity contribution >= 4 is 11.6 Å². The summed E-state index contributed by atoms with van der Waals surface area (Å²) in [6.45, 7) is 2.97. The molecule has 98 valence electrons. The minimum Gasteiger partial charge on any atom is -0.340 e. The van der Waals surface area contributed by atoms with Gasteiger partial charge in [-0.15, -0.1) is 0 Å².